The Morgan fingerprint density at radius 1 is 1.42 bits per heavy atom. The number of primary amides is 1. The van der Waals surface area contributed by atoms with E-state index in [1.54, 1.807) is 10.9 Å². The first-order valence-electron chi connectivity index (χ1n) is 8.58. The van der Waals surface area contributed by atoms with Gasteiger partial charge in [0.05, 0.1) is 24.2 Å². The van der Waals surface area contributed by atoms with Crippen LogP contribution in [0.4, 0.5) is 5.82 Å². The quantitative estimate of drug-likeness (QED) is 0.802. The molecule has 9 heteroatoms. The van der Waals surface area contributed by atoms with Gasteiger partial charge in [0, 0.05) is 44.1 Å². The van der Waals surface area contributed by atoms with Gasteiger partial charge in [0.15, 0.2) is 5.82 Å². The Morgan fingerprint density at radius 2 is 2.12 bits per heavy atom. The highest BCUT2D eigenvalue weighted by Gasteiger charge is 2.38. The molecule has 1 saturated heterocycles. The summed E-state index contributed by atoms with van der Waals surface area (Å²) in [5, 5.41) is 17.9. The number of nitrogens with zero attached hydrogens (tertiary/aromatic N) is 6. The van der Waals surface area contributed by atoms with E-state index < -0.39 is 11.4 Å². The third-order valence-corrected chi connectivity index (χ3v) is 5.42. The molecule has 0 spiro atoms. The number of rotatable bonds is 5. The minimum absolute atomic E-state index is 0.114. The first-order valence-corrected chi connectivity index (χ1v) is 8.58. The first kappa shape index (κ1) is 17.9. The number of nitrogen functional groups attached to an aromatic ring is 1. The zero-order chi connectivity index (χ0) is 18.9. The summed E-state index contributed by atoms with van der Waals surface area (Å²) in [6.07, 6.45) is 5.29. The summed E-state index contributed by atoms with van der Waals surface area (Å²) < 4.78 is 3.55. The first-order chi connectivity index (χ1) is 12.4. The van der Waals surface area contributed by atoms with Gasteiger partial charge in [-0.05, 0) is 19.8 Å². The number of aromatic nitrogens is 4. The van der Waals surface area contributed by atoms with Gasteiger partial charge in [-0.15, -0.1) is 0 Å². The Hall–Kier alpha value is -2.86. The van der Waals surface area contributed by atoms with E-state index in [1.807, 2.05) is 17.9 Å². The van der Waals surface area contributed by atoms with Crippen LogP contribution >= 0.6 is 0 Å². The Kier molecular flexibility index (Phi) is 4.70. The molecule has 0 aromatic carbocycles. The van der Waals surface area contributed by atoms with Gasteiger partial charge in [0.1, 0.15) is 5.56 Å². The minimum Gasteiger partial charge on any atom is -0.382 e. The lowest BCUT2D eigenvalue weighted by Crippen LogP contribution is -2.46. The number of aryl methyl sites for hydroxylation is 1. The lowest BCUT2D eigenvalue weighted by molar-refractivity contribution is 0.0966. The summed E-state index contributed by atoms with van der Waals surface area (Å²) in [5.74, 6) is -0.492. The Balaban J connectivity index is 1.77. The van der Waals surface area contributed by atoms with E-state index in [9.17, 15) is 10.1 Å². The lowest BCUT2D eigenvalue weighted by atomic mass is 9.84. The minimum atomic E-state index is -0.606. The van der Waals surface area contributed by atoms with Crippen molar-refractivity contribution in [1.82, 2.24) is 24.5 Å². The summed E-state index contributed by atoms with van der Waals surface area (Å²) in [4.78, 5) is 13.8. The van der Waals surface area contributed by atoms with Crippen molar-refractivity contribution in [2.24, 2.45) is 12.8 Å². The molecule has 0 atom stereocenters. The molecule has 2 aromatic rings. The Bertz CT molecular complexity index is 851. The Labute approximate surface area is 152 Å². The van der Waals surface area contributed by atoms with Crippen LogP contribution in [0.1, 0.15) is 40.9 Å². The van der Waals surface area contributed by atoms with Gasteiger partial charge >= 0.3 is 0 Å². The van der Waals surface area contributed by atoms with Crippen LogP contribution in [-0.4, -0.2) is 43.5 Å². The summed E-state index contributed by atoms with van der Waals surface area (Å²) in [6, 6.07) is 2.26. The van der Waals surface area contributed by atoms with Crippen LogP contribution < -0.4 is 11.5 Å². The van der Waals surface area contributed by atoms with Crippen LogP contribution in [-0.2, 0) is 19.1 Å². The molecule has 9 nitrogen and oxygen atoms in total. The number of hydrogen-bond acceptors (Lipinski definition) is 6. The molecule has 1 aliphatic heterocycles. The summed E-state index contributed by atoms with van der Waals surface area (Å²) >= 11 is 0. The highest BCUT2D eigenvalue weighted by Crippen LogP contribution is 2.34. The van der Waals surface area contributed by atoms with Gasteiger partial charge in [-0.25, -0.2) is 0 Å². The van der Waals surface area contributed by atoms with Crippen LogP contribution in [0.5, 0.6) is 0 Å². The van der Waals surface area contributed by atoms with Crippen molar-refractivity contribution in [3.05, 3.63) is 29.2 Å². The highest BCUT2D eigenvalue weighted by molar-refractivity contribution is 5.96. The van der Waals surface area contributed by atoms with E-state index in [-0.39, 0.29) is 11.4 Å². The fourth-order valence-corrected chi connectivity index (χ4v) is 3.52. The molecule has 3 rings (SSSR count). The molecular weight excluding hydrogens is 332 g/mol. The second kappa shape index (κ2) is 6.80. The molecule has 26 heavy (non-hydrogen) atoms. The number of piperidine rings is 1. The fourth-order valence-electron chi connectivity index (χ4n) is 3.52. The molecule has 0 bridgehead atoms. The molecular formula is C17H24N8O. The normalized spacial score (nSPS) is 17.1. The third-order valence-electron chi connectivity index (χ3n) is 5.42. The molecule has 0 saturated carbocycles. The zero-order valence-electron chi connectivity index (χ0n) is 15.1. The van der Waals surface area contributed by atoms with Crippen molar-refractivity contribution < 1.29 is 4.79 Å². The van der Waals surface area contributed by atoms with Gasteiger partial charge in [0.2, 0.25) is 0 Å². The molecule has 1 amide bonds. The predicted molar refractivity (Wildman–Crippen MR) is 95.8 cm³/mol. The van der Waals surface area contributed by atoms with Crippen LogP contribution in [0.3, 0.4) is 0 Å². The number of hydrogen-bond donors (Lipinski definition) is 2. The van der Waals surface area contributed by atoms with Crippen LogP contribution in [0.15, 0.2) is 12.4 Å². The Morgan fingerprint density at radius 3 is 2.62 bits per heavy atom. The van der Waals surface area contributed by atoms with Gasteiger partial charge in [-0.2, -0.15) is 15.5 Å². The maximum absolute atomic E-state index is 11.5. The number of carbonyl (C=O) groups excluding carboxylic acids is 1. The molecule has 4 N–H and O–H groups in total. The van der Waals surface area contributed by atoms with Crippen molar-refractivity contribution in [1.29, 1.82) is 5.26 Å². The average molecular weight is 356 g/mol. The van der Waals surface area contributed by atoms with Crippen LogP contribution in [0.25, 0.3) is 0 Å². The second-order valence-electron chi connectivity index (χ2n) is 6.95. The zero-order valence-corrected chi connectivity index (χ0v) is 15.1. The summed E-state index contributed by atoms with van der Waals surface area (Å²) in [7, 11) is 1.94. The third kappa shape index (κ3) is 3.15. The largest absolute Gasteiger partial charge is 0.382 e. The van der Waals surface area contributed by atoms with Crippen LogP contribution in [0, 0.1) is 18.3 Å². The lowest BCUT2D eigenvalue weighted by Gasteiger charge is -2.40. The molecule has 1 aliphatic rings. The van der Waals surface area contributed by atoms with E-state index in [0.717, 1.165) is 38.2 Å². The fraction of sp³-hybridized carbons (Fsp3) is 0.529. The monoisotopic (exact) mass is 356 g/mol. The molecule has 2 aromatic heterocycles. The van der Waals surface area contributed by atoms with E-state index in [4.69, 9.17) is 11.5 Å². The van der Waals surface area contributed by atoms with Crippen LogP contribution in [0.2, 0.25) is 0 Å². The maximum Gasteiger partial charge on any atom is 0.254 e. The smallest absolute Gasteiger partial charge is 0.254 e. The number of nitriles is 1. The predicted octanol–water partition coefficient (Wildman–Crippen LogP) is 0.511. The van der Waals surface area contributed by atoms with E-state index in [2.05, 4.69) is 28.1 Å². The van der Waals surface area contributed by atoms with E-state index >= 15 is 0 Å². The van der Waals surface area contributed by atoms with Crippen molar-refractivity contribution in [3.8, 4) is 6.07 Å². The topological polar surface area (TPSA) is 132 Å². The highest BCUT2D eigenvalue weighted by atomic mass is 16.1. The van der Waals surface area contributed by atoms with Gasteiger partial charge in [-0.1, -0.05) is 0 Å². The molecule has 138 valence electrons. The van der Waals surface area contributed by atoms with Crippen molar-refractivity contribution in [3.63, 3.8) is 0 Å². The molecule has 3 heterocycles. The number of amides is 1. The number of likely N-dealkylation sites (tertiary alicyclic amines) is 1. The SMILES string of the molecule is Cc1c(CN2CCC(CC#N)(n3cc(C(N)=O)c(N)n3)CC2)cnn1C. The van der Waals surface area contributed by atoms with E-state index in [1.165, 1.54) is 5.56 Å². The average Bonchev–Trinajstić information content (AvgIpc) is 3.15. The van der Waals surface area contributed by atoms with Gasteiger partial charge in [-0.3, -0.25) is 19.1 Å². The maximum atomic E-state index is 11.5. The molecule has 1 fully saturated rings. The van der Waals surface area contributed by atoms with Crippen molar-refractivity contribution in [2.45, 2.75) is 38.3 Å². The van der Waals surface area contributed by atoms with Crippen molar-refractivity contribution >= 4 is 11.7 Å². The number of carbonyl (C=O) groups is 1. The second-order valence-corrected chi connectivity index (χ2v) is 6.95. The summed E-state index contributed by atoms with van der Waals surface area (Å²) in [5.41, 5.74) is 13.3. The number of nitrogens with two attached hydrogens (primary N) is 2. The molecule has 0 radical (unpaired) electrons. The molecule has 0 aliphatic carbocycles. The van der Waals surface area contributed by atoms with Gasteiger partial charge < -0.3 is 11.5 Å². The van der Waals surface area contributed by atoms with E-state index in [0.29, 0.717) is 6.42 Å². The van der Waals surface area contributed by atoms with Crippen molar-refractivity contribution in [2.75, 3.05) is 18.8 Å². The summed E-state index contributed by atoms with van der Waals surface area (Å²) in [6.45, 7) is 4.53. The van der Waals surface area contributed by atoms with Gasteiger partial charge in [0.25, 0.3) is 5.91 Å². The number of anilines is 1. The standard InChI is InChI=1S/C17H24N8O/c1-12-13(9-21-23(12)2)10-24-7-4-17(3-6-18,5-8-24)25-11-14(16(20)26)15(19)22-25/h9,11H,3-5,7-8,10H2,1-2H3,(H2,19,22)(H2,20,26). The molecule has 0 unspecified atom stereocenters.